The molecule has 0 spiro atoms. The normalized spacial score (nSPS) is 24.5. The second-order valence-corrected chi connectivity index (χ2v) is 12.9. The van der Waals surface area contributed by atoms with Crippen LogP contribution in [0.2, 0.25) is 0 Å². The number of fused-ring (bicyclic) bond motifs is 9. The number of aromatic nitrogens is 1. The van der Waals surface area contributed by atoms with Crippen molar-refractivity contribution in [2.45, 2.75) is 56.4 Å². The average Bonchev–Trinajstić information content (AvgIpc) is 3.55. The van der Waals surface area contributed by atoms with Crippen molar-refractivity contribution in [3.05, 3.63) is 101 Å². The van der Waals surface area contributed by atoms with Crippen LogP contribution < -0.4 is 18.9 Å². The molecular weight excluding hydrogens is 594 g/mol. The van der Waals surface area contributed by atoms with E-state index in [1.165, 1.54) is 22.8 Å². The lowest BCUT2D eigenvalue weighted by Crippen LogP contribution is -2.68. The summed E-state index contributed by atoms with van der Waals surface area (Å²) < 4.78 is 29.1. The summed E-state index contributed by atoms with van der Waals surface area (Å²) in [5.41, 5.74) is 6.88. The van der Waals surface area contributed by atoms with Crippen molar-refractivity contribution in [2.24, 2.45) is 0 Å². The maximum Gasteiger partial charge on any atom is 0.330 e. The molecule has 9 heteroatoms. The fourth-order valence-corrected chi connectivity index (χ4v) is 8.35. The van der Waals surface area contributed by atoms with Gasteiger partial charge in [0.1, 0.15) is 6.61 Å². The van der Waals surface area contributed by atoms with Gasteiger partial charge in [0.25, 0.3) is 0 Å². The summed E-state index contributed by atoms with van der Waals surface area (Å²) in [5, 5.41) is 1.08. The number of carbonyl (C=O) groups excluding carboxylic acids is 1. The number of pyridine rings is 1. The number of esters is 1. The van der Waals surface area contributed by atoms with Crippen LogP contribution >= 0.6 is 0 Å². The number of nitrogens with zero attached hydrogens (tertiary/aromatic N) is 3. The number of ether oxygens (including phenoxy) is 5. The highest BCUT2D eigenvalue weighted by Crippen LogP contribution is 2.52. The molecule has 0 N–H and O–H groups in total. The third kappa shape index (κ3) is 5.09. The molecule has 9 nitrogen and oxygen atoms in total. The molecule has 5 heterocycles. The van der Waals surface area contributed by atoms with E-state index in [-0.39, 0.29) is 49.6 Å². The molecule has 5 atom stereocenters. The quantitative estimate of drug-likeness (QED) is 0.191. The predicted octanol–water partition coefficient (Wildman–Crippen LogP) is 5.59. The number of hydrogen-bond donors (Lipinski definition) is 0. The molecule has 3 aromatic carbocycles. The van der Waals surface area contributed by atoms with E-state index in [1.54, 1.807) is 14.2 Å². The first kappa shape index (κ1) is 29.8. The third-order valence-electron chi connectivity index (χ3n) is 10.5. The van der Waals surface area contributed by atoms with Gasteiger partial charge in [0.15, 0.2) is 23.0 Å². The van der Waals surface area contributed by atoms with Crippen LogP contribution in [0, 0.1) is 0 Å². The summed E-state index contributed by atoms with van der Waals surface area (Å²) in [5.74, 6) is 2.65. The fraction of sp³-hybridized carbons (Fsp3) is 0.368. The summed E-state index contributed by atoms with van der Waals surface area (Å²) in [6, 6.07) is 19.2. The number of allylic oxidation sites excluding steroid dienone is 1. The molecule has 1 aromatic heterocycles. The SMILES string of the molecule is COc1cc2c(cc1OC)C1C3Cc4cc5c(cc4C(COC(=O)C=CCc4cnc6ccccc6c4)N3C(C)C(C2)N1C)OCO5. The van der Waals surface area contributed by atoms with Gasteiger partial charge in [-0.3, -0.25) is 14.8 Å². The van der Waals surface area contributed by atoms with Crippen molar-refractivity contribution in [1.29, 1.82) is 0 Å². The minimum atomic E-state index is -0.354. The third-order valence-corrected chi connectivity index (χ3v) is 10.5. The van der Waals surface area contributed by atoms with E-state index < -0.39 is 0 Å². The Balaban J connectivity index is 1.09. The minimum absolute atomic E-state index is 0.118. The zero-order valence-electron chi connectivity index (χ0n) is 27.1. The van der Waals surface area contributed by atoms with E-state index in [0.29, 0.717) is 6.42 Å². The standard InChI is InChI=1S/C38H39N3O6/c1-22-30-13-26-15-33(43-3)34(44-4)18-28(26)38(40(30)2)31-14-25-16-35-36(47-21-46-35)17-27(25)32(41(22)31)20-45-37(42)11-7-8-23-12-24-9-5-6-10-29(24)39-19-23/h5-7,9-12,15-19,22,30-32,38H,8,13-14,20-21H2,1-4H3. The van der Waals surface area contributed by atoms with Crippen LogP contribution in [0.15, 0.2) is 72.9 Å². The van der Waals surface area contributed by atoms with Crippen molar-refractivity contribution >= 4 is 16.9 Å². The summed E-state index contributed by atoms with van der Waals surface area (Å²) in [6.07, 6.45) is 7.56. The van der Waals surface area contributed by atoms with Crippen molar-refractivity contribution in [2.75, 3.05) is 34.7 Å². The van der Waals surface area contributed by atoms with Gasteiger partial charge in [-0.2, -0.15) is 0 Å². The number of piperazine rings is 1. The van der Waals surface area contributed by atoms with Crippen LogP contribution in [-0.4, -0.2) is 73.5 Å². The largest absolute Gasteiger partial charge is 0.493 e. The Hall–Kier alpha value is -4.60. The van der Waals surface area contributed by atoms with Gasteiger partial charge in [0.05, 0.1) is 31.8 Å². The first-order chi connectivity index (χ1) is 22.9. The summed E-state index contributed by atoms with van der Waals surface area (Å²) in [7, 11) is 5.61. The Morgan fingerprint density at radius 2 is 1.70 bits per heavy atom. The highest BCUT2D eigenvalue weighted by molar-refractivity contribution is 5.82. The van der Waals surface area contributed by atoms with Gasteiger partial charge < -0.3 is 23.7 Å². The predicted molar refractivity (Wildman–Crippen MR) is 177 cm³/mol. The van der Waals surface area contributed by atoms with Crippen LogP contribution in [0.5, 0.6) is 23.0 Å². The van der Waals surface area contributed by atoms with Crippen molar-refractivity contribution in [3.63, 3.8) is 0 Å². The lowest BCUT2D eigenvalue weighted by molar-refractivity contribution is -0.144. The molecule has 1 saturated heterocycles. The first-order valence-corrected chi connectivity index (χ1v) is 16.3. The van der Waals surface area contributed by atoms with Gasteiger partial charge in [-0.05, 0) is 97.4 Å². The van der Waals surface area contributed by atoms with E-state index in [2.05, 4.69) is 59.1 Å². The lowest BCUT2D eigenvalue weighted by atomic mass is 9.73. The summed E-state index contributed by atoms with van der Waals surface area (Å²) in [6.45, 7) is 2.75. The van der Waals surface area contributed by atoms with Crippen LogP contribution in [0.3, 0.4) is 0 Å². The van der Waals surface area contributed by atoms with E-state index in [9.17, 15) is 4.79 Å². The second kappa shape index (κ2) is 11.9. The molecule has 4 aliphatic heterocycles. The number of likely N-dealkylation sites (N-methyl/N-ethyl adjacent to an activating group) is 1. The Labute approximate surface area is 274 Å². The van der Waals surface area contributed by atoms with E-state index in [0.717, 1.165) is 57.9 Å². The van der Waals surface area contributed by atoms with E-state index >= 15 is 0 Å². The minimum Gasteiger partial charge on any atom is -0.493 e. The molecule has 2 bridgehead atoms. The number of methoxy groups -OCH3 is 2. The lowest BCUT2D eigenvalue weighted by Gasteiger charge is -2.61. The van der Waals surface area contributed by atoms with Crippen molar-refractivity contribution < 1.29 is 28.5 Å². The highest BCUT2D eigenvalue weighted by atomic mass is 16.7. The zero-order valence-corrected chi connectivity index (χ0v) is 27.1. The van der Waals surface area contributed by atoms with Gasteiger partial charge in [0.2, 0.25) is 6.79 Å². The summed E-state index contributed by atoms with van der Waals surface area (Å²) in [4.78, 5) is 22.8. The Bertz CT molecular complexity index is 1890. The molecule has 47 heavy (non-hydrogen) atoms. The fourth-order valence-electron chi connectivity index (χ4n) is 8.35. The molecule has 0 radical (unpaired) electrons. The Morgan fingerprint density at radius 1 is 0.957 bits per heavy atom. The highest BCUT2D eigenvalue weighted by Gasteiger charge is 2.53. The number of benzene rings is 3. The maximum absolute atomic E-state index is 13.1. The molecule has 242 valence electrons. The van der Waals surface area contributed by atoms with Crippen LogP contribution in [0.25, 0.3) is 10.9 Å². The topological polar surface area (TPSA) is 82.6 Å². The Morgan fingerprint density at radius 3 is 2.53 bits per heavy atom. The van der Waals surface area contributed by atoms with Crippen molar-refractivity contribution in [3.8, 4) is 23.0 Å². The zero-order chi connectivity index (χ0) is 32.2. The van der Waals surface area contributed by atoms with Crippen molar-refractivity contribution in [1.82, 2.24) is 14.8 Å². The smallest absolute Gasteiger partial charge is 0.330 e. The molecule has 0 saturated carbocycles. The van der Waals surface area contributed by atoms with Crippen LogP contribution in [0.1, 0.15) is 46.8 Å². The molecular formula is C38H39N3O6. The van der Waals surface area contributed by atoms with Crippen LogP contribution in [0.4, 0.5) is 0 Å². The van der Waals surface area contributed by atoms with Gasteiger partial charge in [-0.25, -0.2) is 4.79 Å². The van der Waals surface area contributed by atoms with Crippen LogP contribution in [-0.2, 0) is 28.8 Å². The van der Waals surface area contributed by atoms with Gasteiger partial charge in [-0.15, -0.1) is 0 Å². The van der Waals surface area contributed by atoms with Gasteiger partial charge in [-0.1, -0.05) is 24.3 Å². The molecule has 4 aromatic rings. The maximum atomic E-state index is 13.1. The second-order valence-electron chi connectivity index (χ2n) is 12.9. The monoisotopic (exact) mass is 633 g/mol. The number of para-hydroxylation sites is 1. The number of rotatable bonds is 7. The average molecular weight is 634 g/mol. The Kier molecular flexibility index (Phi) is 7.53. The van der Waals surface area contributed by atoms with Gasteiger partial charge >= 0.3 is 5.97 Å². The first-order valence-electron chi connectivity index (χ1n) is 16.3. The molecule has 0 aliphatic carbocycles. The molecule has 8 rings (SSSR count). The molecule has 4 aliphatic rings. The van der Waals surface area contributed by atoms with E-state index in [1.807, 2.05) is 36.5 Å². The molecule has 0 amide bonds. The molecule has 1 fully saturated rings. The van der Waals surface area contributed by atoms with E-state index in [4.69, 9.17) is 23.7 Å². The van der Waals surface area contributed by atoms with Gasteiger partial charge in [0, 0.05) is 35.8 Å². The number of carbonyl (C=O) groups is 1. The summed E-state index contributed by atoms with van der Waals surface area (Å²) >= 11 is 0. The number of hydrogen-bond acceptors (Lipinski definition) is 9. The molecule has 5 unspecified atom stereocenters.